The first kappa shape index (κ1) is 27.3. The number of anilines is 2. The highest BCUT2D eigenvalue weighted by atomic mass is 16.5. The number of aryl methyl sites for hydroxylation is 3. The molecule has 2 aliphatic rings. The Bertz CT molecular complexity index is 2360. The van der Waals surface area contributed by atoms with Gasteiger partial charge in [0.05, 0.1) is 57.4 Å². The number of hydrogen-bond acceptors (Lipinski definition) is 9. The lowest BCUT2D eigenvalue weighted by molar-refractivity contribution is -0.121. The lowest BCUT2D eigenvalue weighted by atomic mass is 9.68. The number of nitrogen functional groups attached to an aromatic ring is 1. The summed E-state index contributed by atoms with van der Waals surface area (Å²) < 4.78 is 7.80. The molecule has 1 atom stereocenters. The SMILES string of the molecule is Cc1cc(C)c(-n2nncc2CN2C(=O)C3(C(C#N)=C(N)Oc4c(N)cc5nc6ccccc6nc5c43)c3ccccc32)c(C)c1. The van der Waals surface area contributed by atoms with Crippen LogP contribution in [0.25, 0.3) is 27.8 Å². The molecule has 1 amide bonds. The Labute approximate surface area is 263 Å². The smallest absolute Gasteiger partial charge is 0.248 e. The summed E-state index contributed by atoms with van der Waals surface area (Å²) in [5.41, 5.74) is 19.9. The van der Waals surface area contributed by atoms with Crippen LogP contribution in [0.3, 0.4) is 0 Å². The van der Waals surface area contributed by atoms with E-state index in [0.717, 1.165) is 22.4 Å². The molecule has 11 heteroatoms. The van der Waals surface area contributed by atoms with Crippen molar-refractivity contribution in [3.63, 3.8) is 0 Å². The van der Waals surface area contributed by atoms with Gasteiger partial charge in [0.25, 0.3) is 0 Å². The molecule has 0 saturated carbocycles. The molecule has 224 valence electrons. The van der Waals surface area contributed by atoms with Crippen molar-refractivity contribution in [2.24, 2.45) is 5.73 Å². The molecule has 0 aliphatic carbocycles. The van der Waals surface area contributed by atoms with Gasteiger partial charge in [0, 0.05) is 11.3 Å². The molecule has 1 spiro atoms. The monoisotopic (exact) mass is 605 g/mol. The molecule has 4 N–H and O–H groups in total. The average Bonchev–Trinajstić information content (AvgIpc) is 3.57. The zero-order valence-corrected chi connectivity index (χ0v) is 25.2. The van der Waals surface area contributed by atoms with Crippen LogP contribution < -0.4 is 21.1 Å². The fourth-order valence-corrected chi connectivity index (χ4v) is 7.14. The normalized spacial score (nSPS) is 17.0. The maximum atomic E-state index is 15.3. The third kappa shape index (κ3) is 3.55. The Kier molecular flexibility index (Phi) is 5.70. The molecule has 11 nitrogen and oxygen atoms in total. The number of carbonyl (C=O) groups excluding carboxylic acids is 1. The number of ether oxygens (including phenoxy) is 1. The summed E-state index contributed by atoms with van der Waals surface area (Å²) in [4.78, 5) is 26.7. The molecule has 1 unspecified atom stereocenters. The molecule has 0 saturated heterocycles. The van der Waals surface area contributed by atoms with Crippen molar-refractivity contribution in [1.29, 1.82) is 5.26 Å². The number of rotatable bonds is 3. The number of nitriles is 1. The molecule has 0 fully saturated rings. The first-order chi connectivity index (χ1) is 22.2. The quantitative estimate of drug-likeness (QED) is 0.213. The summed E-state index contributed by atoms with van der Waals surface area (Å²) in [6.45, 7) is 6.21. The minimum absolute atomic E-state index is 0.0429. The van der Waals surface area contributed by atoms with Crippen molar-refractivity contribution < 1.29 is 9.53 Å². The first-order valence-electron chi connectivity index (χ1n) is 14.7. The fraction of sp³-hybridized carbons (Fsp3) is 0.143. The first-order valence-corrected chi connectivity index (χ1v) is 14.7. The number of hydrogen-bond donors (Lipinski definition) is 2. The summed E-state index contributed by atoms with van der Waals surface area (Å²) in [7, 11) is 0. The van der Waals surface area contributed by atoms with Crippen molar-refractivity contribution in [2.75, 3.05) is 10.6 Å². The van der Waals surface area contributed by atoms with Crippen LogP contribution in [0.15, 0.2) is 84.4 Å². The summed E-state index contributed by atoms with van der Waals surface area (Å²) >= 11 is 0. The fourth-order valence-electron chi connectivity index (χ4n) is 7.14. The zero-order chi connectivity index (χ0) is 31.9. The predicted molar refractivity (Wildman–Crippen MR) is 173 cm³/mol. The number of nitrogens with two attached hydrogens (primary N) is 2. The van der Waals surface area contributed by atoms with Gasteiger partial charge in [-0.2, -0.15) is 5.26 Å². The Morgan fingerprint density at radius 2 is 1.63 bits per heavy atom. The van der Waals surface area contributed by atoms with Crippen LogP contribution in [0, 0.1) is 32.1 Å². The number of amides is 1. The van der Waals surface area contributed by atoms with Crippen LogP contribution in [0.1, 0.15) is 33.5 Å². The molecule has 4 heterocycles. The predicted octanol–water partition coefficient (Wildman–Crippen LogP) is 4.79. The molecule has 8 rings (SSSR count). The Hall–Kier alpha value is -6.28. The van der Waals surface area contributed by atoms with Crippen molar-refractivity contribution in [1.82, 2.24) is 25.0 Å². The summed E-state index contributed by atoms with van der Waals surface area (Å²) in [5.74, 6) is -0.418. The van der Waals surface area contributed by atoms with Gasteiger partial charge in [0.1, 0.15) is 17.1 Å². The van der Waals surface area contributed by atoms with Gasteiger partial charge < -0.3 is 21.1 Å². The molecular formula is C35H27N9O2. The van der Waals surface area contributed by atoms with Crippen LogP contribution in [0.2, 0.25) is 0 Å². The highest BCUT2D eigenvalue weighted by molar-refractivity contribution is 6.16. The van der Waals surface area contributed by atoms with Crippen molar-refractivity contribution in [2.45, 2.75) is 32.7 Å². The van der Waals surface area contributed by atoms with Crippen molar-refractivity contribution >= 4 is 39.3 Å². The van der Waals surface area contributed by atoms with Gasteiger partial charge in [0.15, 0.2) is 5.75 Å². The van der Waals surface area contributed by atoms with E-state index in [1.54, 1.807) is 21.8 Å². The van der Waals surface area contributed by atoms with Gasteiger partial charge >= 0.3 is 0 Å². The molecule has 0 bridgehead atoms. The average molecular weight is 606 g/mol. The van der Waals surface area contributed by atoms with E-state index >= 15 is 4.79 Å². The number of carbonyl (C=O) groups is 1. The highest BCUT2D eigenvalue weighted by Gasteiger charge is 2.60. The topological polar surface area (TPSA) is 162 Å². The van der Waals surface area contributed by atoms with Crippen LogP contribution in [0.4, 0.5) is 11.4 Å². The molecule has 2 aliphatic heterocycles. The maximum Gasteiger partial charge on any atom is 0.248 e. The van der Waals surface area contributed by atoms with Crippen LogP contribution in [-0.2, 0) is 16.8 Å². The van der Waals surface area contributed by atoms with E-state index in [1.807, 2.05) is 69.3 Å². The number of nitrogens with zero attached hydrogens (tertiary/aromatic N) is 7. The Morgan fingerprint density at radius 3 is 2.37 bits per heavy atom. The minimum atomic E-state index is -1.71. The van der Waals surface area contributed by atoms with E-state index in [9.17, 15) is 5.26 Å². The van der Waals surface area contributed by atoms with Gasteiger partial charge in [-0.15, -0.1) is 5.10 Å². The van der Waals surface area contributed by atoms with E-state index in [2.05, 4.69) is 28.5 Å². The maximum absolute atomic E-state index is 15.3. The van der Waals surface area contributed by atoms with E-state index < -0.39 is 11.3 Å². The van der Waals surface area contributed by atoms with Gasteiger partial charge in [-0.05, 0) is 56.2 Å². The second-order valence-corrected chi connectivity index (χ2v) is 11.7. The highest BCUT2D eigenvalue weighted by Crippen LogP contribution is 2.58. The van der Waals surface area contributed by atoms with E-state index in [-0.39, 0.29) is 29.4 Å². The summed E-state index contributed by atoms with van der Waals surface area (Å²) in [5, 5.41) is 19.3. The third-order valence-electron chi connectivity index (χ3n) is 8.89. The van der Waals surface area contributed by atoms with Crippen molar-refractivity contribution in [3.8, 4) is 17.5 Å². The van der Waals surface area contributed by atoms with Gasteiger partial charge in [-0.1, -0.05) is 53.2 Å². The van der Waals surface area contributed by atoms with Gasteiger partial charge in [-0.3, -0.25) is 4.79 Å². The van der Waals surface area contributed by atoms with Crippen LogP contribution >= 0.6 is 0 Å². The van der Waals surface area contributed by atoms with Crippen molar-refractivity contribution in [3.05, 3.63) is 118 Å². The molecule has 2 aromatic heterocycles. The molecule has 6 aromatic rings. The second kappa shape index (κ2) is 9.61. The van der Waals surface area contributed by atoms with Crippen LogP contribution in [-0.4, -0.2) is 30.9 Å². The summed E-state index contributed by atoms with van der Waals surface area (Å²) in [6, 6.07) is 22.9. The Balaban J connectivity index is 1.39. The third-order valence-corrected chi connectivity index (χ3v) is 8.89. The zero-order valence-electron chi connectivity index (χ0n) is 25.2. The Morgan fingerprint density at radius 1 is 0.935 bits per heavy atom. The van der Waals surface area contributed by atoms with E-state index in [0.29, 0.717) is 44.6 Å². The van der Waals surface area contributed by atoms with Crippen LogP contribution in [0.5, 0.6) is 5.75 Å². The summed E-state index contributed by atoms with van der Waals surface area (Å²) in [6.07, 6.45) is 1.65. The molecular weight excluding hydrogens is 578 g/mol. The second-order valence-electron chi connectivity index (χ2n) is 11.7. The largest absolute Gasteiger partial charge is 0.438 e. The van der Waals surface area contributed by atoms with Gasteiger partial charge in [0.2, 0.25) is 11.8 Å². The molecule has 4 aromatic carbocycles. The molecule has 0 radical (unpaired) electrons. The number of aromatic nitrogens is 5. The number of fused-ring (bicyclic) bond motifs is 7. The van der Waals surface area contributed by atoms with E-state index in [4.69, 9.17) is 26.2 Å². The number of para-hydroxylation sites is 3. The minimum Gasteiger partial charge on any atom is -0.438 e. The van der Waals surface area contributed by atoms with Gasteiger partial charge in [-0.25, -0.2) is 14.6 Å². The lowest BCUT2D eigenvalue weighted by Gasteiger charge is -2.35. The van der Waals surface area contributed by atoms with E-state index in [1.165, 1.54) is 0 Å². The lowest BCUT2D eigenvalue weighted by Crippen LogP contribution is -2.46. The standard InChI is InChI=1S/C35H27N9O2/c1-18-12-19(2)31(20(3)13-18)44-21(16-39-42-44)17-43-28-11-7-4-8-22(28)35(34(43)45)23(15-36)33(38)46-32-24(37)14-27-30(29(32)35)41-26-10-6-5-9-25(26)40-27/h4-14,16H,17,37-38H2,1-3H3. The molecule has 46 heavy (non-hydrogen) atoms. The number of benzene rings is 4.